The summed E-state index contributed by atoms with van der Waals surface area (Å²) < 4.78 is 5.79. The van der Waals surface area contributed by atoms with Crippen molar-refractivity contribution in [3.05, 3.63) is 51.7 Å². The van der Waals surface area contributed by atoms with Crippen molar-refractivity contribution in [2.24, 2.45) is 0 Å². The Hall–Kier alpha value is -1.32. The van der Waals surface area contributed by atoms with Crippen LogP contribution in [-0.2, 0) is 6.42 Å². The number of hydrogen-bond acceptors (Lipinski definition) is 3. The van der Waals surface area contributed by atoms with Crippen molar-refractivity contribution in [2.45, 2.75) is 20.3 Å². The van der Waals surface area contributed by atoms with Crippen LogP contribution in [0.1, 0.15) is 16.0 Å². The lowest BCUT2D eigenvalue weighted by molar-refractivity contribution is 0.312. The highest BCUT2D eigenvalue weighted by Crippen LogP contribution is 2.20. The molecule has 0 fully saturated rings. The lowest BCUT2D eigenvalue weighted by Crippen LogP contribution is -2.23. The van der Waals surface area contributed by atoms with Crippen LogP contribution in [0.5, 0.6) is 5.75 Å². The van der Waals surface area contributed by atoms with Gasteiger partial charge in [-0.1, -0.05) is 18.2 Å². The van der Waals surface area contributed by atoms with E-state index in [1.165, 1.54) is 16.0 Å². The molecular formula is C16H21NOS. The second-order valence-corrected chi connectivity index (χ2v) is 5.66. The van der Waals surface area contributed by atoms with Crippen LogP contribution in [0.2, 0.25) is 0 Å². The summed E-state index contributed by atoms with van der Waals surface area (Å²) in [5.41, 5.74) is 2.52. The average Bonchev–Trinajstić information content (AvgIpc) is 2.91. The Morgan fingerprint density at radius 1 is 1.11 bits per heavy atom. The van der Waals surface area contributed by atoms with E-state index in [4.69, 9.17) is 4.74 Å². The number of rotatable bonds is 7. The van der Waals surface area contributed by atoms with Crippen LogP contribution in [-0.4, -0.2) is 19.7 Å². The van der Waals surface area contributed by atoms with Gasteiger partial charge >= 0.3 is 0 Å². The second kappa shape index (κ2) is 7.31. The van der Waals surface area contributed by atoms with Crippen molar-refractivity contribution < 1.29 is 4.74 Å². The van der Waals surface area contributed by atoms with Gasteiger partial charge in [0.25, 0.3) is 0 Å². The summed E-state index contributed by atoms with van der Waals surface area (Å²) in [6, 6.07) is 10.5. The lowest BCUT2D eigenvalue weighted by atomic mass is 10.1. The predicted octanol–water partition coefficient (Wildman–Crippen LogP) is 3.58. The van der Waals surface area contributed by atoms with Crippen LogP contribution in [0.15, 0.2) is 35.7 Å². The first-order valence-corrected chi connectivity index (χ1v) is 7.57. The summed E-state index contributed by atoms with van der Waals surface area (Å²) in [7, 11) is 0. The van der Waals surface area contributed by atoms with E-state index in [0.29, 0.717) is 6.61 Å². The highest BCUT2D eigenvalue weighted by molar-refractivity contribution is 7.09. The summed E-state index contributed by atoms with van der Waals surface area (Å²) in [5.74, 6) is 1.00. The summed E-state index contributed by atoms with van der Waals surface area (Å²) >= 11 is 1.82. The van der Waals surface area contributed by atoms with E-state index in [2.05, 4.69) is 42.7 Å². The molecule has 0 atom stereocenters. The standard InChI is InChI=1S/C16H21NOS/c1-13-5-3-7-16(14(13)2)18-11-10-17-9-8-15-6-4-12-19-15/h3-7,12,17H,8-11H2,1-2H3. The maximum absolute atomic E-state index is 5.79. The largest absolute Gasteiger partial charge is 0.492 e. The molecule has 1 aromatic heterocycles. The molecular weight excluding hydrogens is 254 g/mol. The summed E-state index contributed by atoms with van der Waals surface area (Å²) in [4.78, 5) is 1.43. The van der Waals surface area contributed by atoms with E-state index >= 15 is 0 Å². The minimum absolute atomic E-state index is 0.717. The smallest absolute Gasteiger partial charge is 0.122 e. The fraction of sp³-hybridized carbons (Fsp3) is 0.375. The molecule has 1 heterocycles. The molecule has 0 saturated heterocycles. The first-order chi connectivity index (χ1) is 9.27. The highest BCUT2D eigenvalue weighted by Gasteiger charge is 2.01. The topological polar surface area (TPSA) is 21.3 Å². The van der Waals surface area contributed by atoms with Gasteiger partial charge in [0.1, 0.15) is 12.4 Å². The van der Waals surface area contributed by atoms with Crippen LogP contribution < -0.4 is 10.1 Å². The van der Waals surface area contributed by atoms with Gasteiger partial charge in [-0.2, -0.15) is 0 Å². The van der Waals surface area contributed by atoms with Crippen LogP contribution in [0.4, 0.5) is 0 Å². The fourth-order valence-corrected chi connectivity index (χ4v) is 2.61. The van der Waals surface area contributed by atoms with Crippen LogP contribution in [0.3, 0.4) is 0 Å². The number of hydrogen-bond donors (Lipinski definition) is 1. The SMILES string of the molecule is Cc1cccc(OCCNCCc2cccs2)c1C. The molecule has 0 unspecified atom stereocenters. The van der Waals surface area contributed by atoms with Crippen molar-refractivity contribution in [3.63, 3.8) is 0 Å². The molecule has 1 aromatic carbocycles. The zero-order valence-electron chi connectivity index (χ0n) is 11.6. The Balaban J connectivity index is 1.63. The first kappa shape index (κ1) is 14.1. The number of thiophene rings is 1. The average molecular weight is 275 g/mol. The van der Waals surface area contributed by atoms with Gasteiger partial charge in [0.2, 0.25) is 0 Å². The molecule has 0 bridgehead atoms. The van der Waals surface area contributed by atoms with Gasteiger partial charge in [-0.05, 0) is 48.9 Å². The van der Waals surface area contributed by atoms with Crippen LogP contribution >= 0.6 is 11.3 Å². The lowest BCUT2D eigenvalue weighted by Gasteiger charge is -2.11. The normalized spacial score (nSPS) is 10.6. The quantitative estimate of drug-likeness (QED) is 0.780. The van der Waals surface area contributed by atoms with E-state index in [9.17, 15) is 0 Å². The predicted molar refractivity (Wildman–Crippen MR) is 82.3 cm³/mol. The molecule has 2 rings (SSSR count). The molecule has 19 heavy (non-hydrogen) atoms. The maximum Gasteiger partial charge on any atom is 0.122 e. The molecule has 102 valence electrons. The summed E-state index contributed by atoms with van der Waals surface area (Å²) in [6.45, 7) is 6.83. The number of nitrogens with one attached hydrogen (secondary N) is 1. The van der Waals surface area contributed by atoms with Crippen molar-refractivity contribution in [1.29, 1.82) is 0 Å². The molecule has 0 aliphatic heterocycles. The van der Waals surface area contributed by atoms with E-state index in [-0.39, 0.29) is 0 Å². The first-order valence-electron chi connectivity index (χ1n) is 6.69. The van der Waals surface area contributed by atoms with Gasteiger partial charge in [0.15, 0.2) is 0 Å². The monoisotopic (exact) mass is 275 g/mol. The van der Waals surface area contributed by atoms with E-state index in [1.54, 1.807) is 0 Å². The zero-order valence-corrected chi connectivity index (χ0v) is 12.4. The third-order valence-corrected chi connectivity index (χ3v) is 4.16. The van der Waals surface area contributed by atoms with Gasteiger partial charge in [-0.25, -0.2) is 0 Å². The Morgan fingerprint density at radius 2 is 2.00 bits per heavy atom. The van der Waals surface area contributed by atoms with Crippen molar-refractivity contribution in [2.75, 3.05) is 19.7 Å². The molecule has 0 spiro atoms. The van der Waals surface area contributed by atoms with Crippen LogP contribution in [0.25, 0.3) is 0 Å². The summed E-state index contributed by atoms with van der Waals surface area (Å²) in [6.07, 6.45) is 1.10. The third kappa shape index (κ3) is 4.37. The van der Waals surface area contributed by atoms with Gasteiger partial charge < -0.3 is 10.1 Å². The van der Waals surface area contributed by atoms with Gasteiger partial charge in [-0.3, -0.25) is 0 Å². The van der Waals surface area contributed by atoms with Crippen LogP contribution in [0, 0.1) is 13.8 Å². The van der Waals surface area contributed by atoms with E-state index in [1.807, 2.05) is 23.5 Å². The van der Waals surface area contributed by atoms with Crippen molar-refractivity contribution >= 4 is 11.3 Å². The summed E-state index contributed by atoms with van der Waals surface area (Å²) in [5, 5.41) is 5.53. The third-order valence-electron chi connectivity index (χ3n) is 3.22. The van der Waals surface area contributed by atoms with E-state index in [0.717, 1.165) is 25.3 Å². The van der Waals surface area contributed by atoms with Crippen molar-refractivity contribution in [1.82, 2.24) is 5.32 Å². The molecule has 1 N–H and O–H groups in total. The minimum Gasteiger partial charge on any atom is -0.492 e. The zero-order chi connectivity index (χ0) is 13.5. The minimum atomic E-state index is 0.717. The Morgan fingerprint density at radius 3 is 2.79 bits per heavy atom. The number of benzene rings is 1. The van der Waals surface area contributed by atoms with E-state index < -0.39 is 0 Å². The molecule has 0 aliphatic carbocycles. The second-order valence-electron chi connectivity index (χ2n) is 4.63. The molecule has 2 aromatic rings. The molecule has 0 aliphatic rings. The Kier molecular flexibility index (Phi) is 5.43. The van der Waals surface area contributed by atoms with Gasteiger partial charge in [0.05, 0.1) is 0 Å². The highest BCUT2D eigenvalue weighted by atomic mass is 32.1. The van der Waals surface area contributed by atoms with Gasteiger partial charge in [0, 0.05) is 18.0 Å². The van der Waals surface area contributed by atoms with Crippen molar-refractivity contribution in [3.8, 4) is 5.75 Å². The molecule has 0 amide bonds. The molecule has 0 radical (unpaired) electrons. The fourth-order valence-electron chi connectivity index (χ4n) is 1.91. The molecule has 2 nitrogen and oxygen atoms in total. The molecule has 3 heteroatoms. The number of ether oxygens (including phenoxy) is 1. The molecule has 0 saturated carbocycles. The number of aryl methyl sites for hydroxylation is 1. The Labute approximate surface area is 119 Å². The maximum atomic E-state index is 5.79. The van der Waals surface area contributed by atoms with Gasteiger partial charge in [-0.15, -0.1) is 11.3 Å². The Bertz CT molecular complexity index is 493.